The van der Waals surface area contributed by atoms with Gasteiger partial charge in [0.25, 0.3) is 0 Å². The molecule has 0 saturated heterocycles. The topological polar surface area (TPSA) is 45.8 Å². The van der Waals surface area contributed by atoms with E-state index < -0.39 is 0 Å². The second-order valence-electron chi connectivity index (χ2n) is 4.55. The van der Waals surface area contributed by atoms with E-state index in [0.717, 1.165) is 31.4 Å². The van der Waals surface area contributed by atoms with Gasteiger partial charge in [0.15, 0.2) is 6.29 Å². The second-order valence-corrected chi connectivity index (χ2v) is 4.55. The van der Waals surface area contributed by atoms with Crippen LogP contribution in [0, 0.1) is 0 Å². The number of rotatable bonds is 2. The molecule has 0 radical (unpaired) electrons. The first-order valence-electron chi connectivity index (χ1n) is 5.93. The Morgan fingerprint density at radius 2 is 2.12 bits per heavy atom. The zero-order valence-corrected chi connectivity index (χ0v) is 9.52. The van der Waals surface area contributed by atoms with E-state index in [1.807, 2.05) is 0 Å². The first kappa shape index (κ1) is 10.3. The van der Waals surface area contributed by atoms with Gasteiger partial charge in [0, 0.05) is 5.92 Å². The SMILES string of the molecule is O=Cc1cnc(C2CCc3ccccc3C2)[nH]1. The number of aldehydes is 1. The minimum absolute atomic E-state index is 0.415. The molecule has 1 unspecified atom stereocenters. The van der Waals surface area contributed by atoms with Crippen LogP contribution in [0.25, 0.3) is 0 Å². The number of carbonyl (C=O) groups is 1. The van der Waals surface area contributed by atoms with Crippen LogP contribution in [-0.4, -0.2) is 16.3 Å². The molecule has 0 amide bonds. The molecule has 3 rings (SSSR count). The van der Waals surface area contributed by atoms with Crippen molar-refractivity contribution in [1.29, 1.82) is 0 Å². The summed E-state index contributed by atoms with van der Waals surface area (Å²) in [5, 5.41) is 0. The average Bonchev–Trinajstić information content (AvgIpc) is 2.87. The van der Waals surface area contributed by atoms with E-state index in [9.17, 15) is 4.79 Å². The van der Waals surface area contributed by atoms with Crippen LogP contribution in [0.4, 0.5) is 0 Å². The average molecular weight is 226 g/mol. The molecule has 1 heterocycles. The number of nitrogens with one attached hydrogen (secondary N) is 1. The molecule has 17 heavy (non-hydrogen) atoms. The van der Waals surface area contributed by atoms with E-state index in [4.69, 9.17) is 0 Å². The summed E-state index contributed by atoms with van der Waals surface area (Å²) in [6.07, 6.45) is 5.64. The summed E-state index contributed by atoms with van der Waals surface area (Å²) in [5.41, 5.74) is 3.43. The fourth-order valence-corrected chi connectivity index (χ4v) is 2.55. The minimum atomic E-state index is 0.415. The van der Waals surface area contributed by atoms with Crippen LogP contribution in [0.3, 0.4) is 0 Å². The number of carbonyl (C=O) groups excluding carboxylic acids is 1. The first-order valence-corrected chi connectivity index (χ1v) is 5.93. The summed E-state index contributed by atoms with van der Waals surface area (Å²) in [4.78, 5) is 18.0. The Kier molecular flexibility index (Phi) is 2.52. The number of fused-ring (bicyclic) bond motifs is 1. The van der Waals surface area contributed by atoms with Crippen LogP contribution in [0.2, 0.25) is 0 Å². The van der Waals surface area contributed by atoms with Crippen LogP contribution >= 0.6 is 0 Å². The van der Waals surface area contributed by atoms with Gasteiger partial charge in [-0.1, -0.05) is 24.3 Å². The van der Waals surface area contributed by atoms with Crippen LogP contribution < -0.4 is 0 Å². The van der Waals surface area contributed by atoms with Crippen LogP contribution in [0.5, 0.6) is 0 Å². The Balaban J connectivity index is 1.86. The van der Waals surface area contributed by atoms with E-state index in [-0.39, 0.29) is 0 Å². The molecule has 86 valence electrons. The molecule has 0 spiro atoms. The normalized spacial score (nSPS) is 18.7. The molecule has 3 nitrogen and oxygen atoms in total. The fraction of sp³-hybridized carbons (Fsp3) is 0.286. The smallest absolute Gasteiger partial charge is 0.167 e. The molecular formula is C14H14N2O. The summed E-state index contributed by atoms with van der Waals surface area (Å²) in [6, 6.07) is 8.56. The lowest BCUT2D eigenvalue weighted by atomic mass is 9.83. The van der Waals surface area contributed by atoms with Crippen LogP contribution in [-0.2, 0) is 12.8 Å². The van der Waals surface area contributed by atoms with E-state index in [1.54, 1.807) is 6.20 Å². The quantitative estimate of drug-likeness (QED) is 0.800. The molecule has 1 aliphatic rings. The van der Waals surface area contributed by atoms with E-state index in [2.05, 4.69) is 34.2 Å². The van der Waals surface area contributed by atoms with Gasteiger partial charge in [0.05, 0.1) is 11.9 Å². The summed E-state index contributed by atoms with van der Waals surface area (Å²) in [7, 11) is 0. The Morgan fingerprint density at radius 3 is 2.88 bits per heavy atom. The lowest BCUT2D eigenvalue weighted by Crippen LogP contribution is -2.13. The molecule has 0 fully saturated rings. The molecular weight excluding hydrogens is 212 g/mol. The van der Waals surface area contributed by atoms with Crippen LogP contribution in [0.15, 0.2) is 30.5 Å². The Labute approximate surface area is 99.9 Å². The Bertz CT molecular complexity index is 545. The number of H-pyrrole nitrogens is 1. The molecule has 1 aliphatic carbocycles. The van der Waals surface area contributed by atoms with Gasteiger partial charge < -0.3 is 4.98 Å². The van der Waals surface area contributed by atoms with Gasteiger partial charge in [0.2, 0.25) is 0 Å². The van der Waals surface area contributed by atoms with Crippen LogP contribution in [0.1, 0.15) is 39.8 Å². The first-order chi connectivity index (χ1) is 8.36. The maximum Gasteiger partial charge on any atom is 0.167 e. The Morgan fingerprint density at radius 1 is 1.29 bits per heavy atom. The summed E-state index contributed by atoms with van der Waals surface area (Å²) in [5.74, 6) is 1.36. The highest BCUT2D eigenvalue weighted by molar-refractivity contribution is 5.71. The predicted molar refractivity (Wildman–Crippen MR) is 65.2 cm³/mol. The van der Waals surface area contributed by atoms with Crippen molar-refractivity contribution >= 4 is 6.29 Å². The van der Waals surface area contributed by atoms with E-state index in [0.29, 0.717) is 11.6 Å². The number of benzene rings is 1. The fourth-order valence-electron chi connectivity index (χ4n) is 2.55. The van der Waals surface area contributed by atoms with Gasteiger partial charge >= 0.3 is 0 Å². The number of imidazole rings is 1. The highest BCUT2D eigenvalue weighted by Gasteiger charge is 2.21. The number of hydrogen-bond acceptors (Lipinski definition) is 2. The third kappa shape index (κ3) is 1.88. The molecule has 3 heteroatoms. The molecule has 0 saturated carbocycles. The van der Waals surface area contributed by atoms with Gasteiger partial charge in [-0.3, -0.25) is 4.79 Å². The molecule has 1 atom stereocenters. The maximum atomic E-state index is 10.6. The van der Waals surface area contributed by atoms with Crippen molar-refractivity contribution in [2.75, 3.05) is 0 Å². The molecule has 2 aromatic rings. The third-order valence-electron chi connectivity index (χ3n) is 3.48. The predicted octanol–water partition coefficient (Wildman–Crippen LogP) is 2.49. The third-order valence-corrected chi connectivity index (χ3v) is 3.48. The number of aromatic amines is 1. The highest BCUT2D eigenvalue weighted by atomic mass is 16.1. The van der Waals surface area contributed by atoms with Gasteiger partial charge in [-0.15, -0.1) is 0 Å². The van der Waals surface area contributed by atoms with E-state index >= 15 is 0 Å². The van der Waals surface area contributed by atoms with E-state index in [1.165, 1.54) is 11.1 Å². The standard InChI is InChI=1S/C14H14N2O/c17-9-13-8-15-14(16-13)12-6-5-10-3-1-2-4-11(10)7-12/h1-4,8-9,12H,5-7H2,(H,15,16). The monoisotopic (exact) mass is 226 g/mol. The Hall–Kier alpha value is -1.90. The second kappa shape index (κ2) is 4.17. The van der Waals surface area contributed by atoms with Crippen molar-refractivity contribution in [3.63, 3.8) is 0 Å². The molecule has 0 aliphatic heterocycles. The largest absolute Gasteiger partial charge is 0.340 e. The summed E-state index contributed by atoms with van der Waals surface area (Å²) >= 11 is 0. The zero-order chi connectivity index (χ0) is 11.7. The molecule has 1 aromatic heterocycles. The van der Waals surface area contributed by atoms with Crippen molar-refractivity contribution in [2.45, 2.75) is 25.2 Å². The highest BCUT2D eigenvalue weighted by Crippen LogP contribution is 2.30. The van der Waals surface area contributed by atoms with Crippen molar-refractivity contribution in [1.82, 2.24) is 9.97 Å². The number of nitrogens with zero attached hydrogens (tertiary/aromatic N) is 1. The van der Waals surface area contributed by atoms with Gasteiger partial charge in [0.1, 0.15) is 5.82 Å². The zero-order valence-electron chi connectivity index (χ0n) is 9.52. The van der Waals surface area contributed by atoms with Gasteiger partial charge in [-0.25, -0.2) is 4.98 Å². The van der Waals surface area contributed by atoms with Crippen molar-refractivity contribution in [2.24, 2.45) is 0 Å². The minimum Gasteiger partial charge on any atom is -0.340 e. The number of aryl methyl sites for hydroxylation is 1. The summed E-state index contributed by atoms with van der Waals surface area (Å²) < 4.78 is 0. The van der Waals surface area contributed by atoms with Crippen molar-refractivity contribution in [3.8, 4) is 0 Å². The molecule has 1 aromatic carbocycles. The van der Waals surface area contributed by atoms with Gasteiger partial charge in [-0.2, -0.15) is 0 Å². The molecule has 0 bridgehead atoms. The maximum absolute atomic E-state index is 10.6. The number of aromatic nitrogens is 2. The summed E-state index contributed by atoms with van der Waals surface area (Å²) in [6.45, 7) is 0. The van der Waals surface area contributed by atoms with Crippen molar-refractivity contribution < 1.29 is 4.79 Å². The molecule has 1 N–H and O–H groups in total. The lowest BCUT2D eigenvalue weighted by Gasteiger charge is -2.22. The lowest BCUT2D eigenvalue weighted by molar-refractivity contribution is 0.111. The number of hydrogen-bond donors (Lipinski definition) is 1. The van der Waals surface area contributed by atoms with Crippen molar-refractivity contribution in [3.05, 3.63) is 53.1 Å². The van der Waals surface area contributed by atoms with Gasteiger partial charge in [-0.05, 0) is 30.4 Å².